The number of aryl methyl sites for hydroxylation is 1. The van der Waals surface area contributed by atoms with Gasteiger partial charge in [-0.15, -0.1) is 0 Å². The summed E-state index contributed by atoms with van der Waals surface area (Å²) >= 11 is 0. The molecule has 1 aromatic carbocycles. The Morgan fingerprint density at radius 2 is 1.94 bits per heavy atom. The second-order valence-electron chi connectivity index (χ2n) is 8.71. The van der Waals surface area contributed by atoms with Crippen LogP contribution in [0.5, 0.6) is 5.88 Å². The molecule has 1 N–H and O–H groups in total. The van der Waals surface area contributed by atoms with Crippen LogP contribution in [0.3, 0.4) is 0 Å². The number of carboxylic acids is 1. The summed E-state index contributed by atoms with van der Waals surface area (Å²) in [5.41, 5.74) is 3.53. The number of nitrogens with zero attached hydrogens (tertiary/aromatic N) is 5. The SMILES string of the molecule is CC(=O)O.COc1nc(C)cn2cc(-c3cc4ccc(N5CCN(C)[C@H](C)C5)cc4oc3=O)nc12. The van der Waals surface area contributed by atoms with Crippen LogP contribution in [0.15, 0.2) is 45.9 Å². The molecule has 10 heteroatoms. The van der Waals surface area contributed by atoms with Crippen molar-refractivity contribution in [3.8, 4) is 17.1 Å². The van der Waals surface area contributed by atoms with Crippen molar-refractivity contribution < 1.29 is 19.1 Å². The summed E-state index contributed by atoms with van der Waals surface area (Å²) in [6.45, 7) is 8.09. The molecule has 1 aliphatic heterocycles. The maximum Gasteiger partial charge on any atom is 0.345 e. The minimum absolute atomic E-state index is 0.413. The lowest BCUT2D eigenvalue weighted by atomic mass is 10.1. The van der Waals surface area contributed by atoms with Crippen molar-refractivity contribution in [1.29, 1.82) is 0 Å². The Morgan fingerprint density at radius 1 is 1.20 bits per heavy atom. The zero-order valence-corrected chi connectivity index (χ0v) is 20.5. The van der Waals surface area contributed by atoms with E-state index in [9.17, 15) is 4.79 Å². The molecule has 0 bridgehead atoms. The number of likely N-dealkylation sites (N-methyl/N-ethyl adjacent to an activating group) is 1. The van der Waals surface area contributed by atoms with Crippen molar-refractivity contribution in [2.24, 2.45) is 0 Å². The summed E-state index contributed by atoms with van der Waals surface area (Å²) in [7, 11) is 3.70. The Hall–Kier alpha value is -3.92. The van der Waals surface area contributed by atoms with Crippen LogP contribution in [-0.2, 0) is 4.79 Å². The van der Waals surface area contributed by atoms with Crippen molar-refractivity contribution >= 4 is 28.3 Å². The van der Waals surface area contributed by atoms with Gasteiger partial charge in [-0.05, 0) is 39.1 Å². The fraction of sp³-hybridized carbons (Fsp3) is 0.360. The van der Waals surface area contributed by atoms with E-state index in [-0.39, 0.29) is 0 Å². The lowest BCUT2D eigenvalue weighted by Crippen LogP contribution is -2.50. The molecule has 10 nitrogen and oxygen atoms in total. The molecular weight excluding hydrogens is 450 g/mol. The lowest BCUT2D eigenvalue weighted by molar-refractivity contribution is -0.134. The Balaban J connectivity index is 0.000000672. The van der Waals surface area contributed by atoms with E-state index in [4.69, 9.17) is 19.1 Å². The predicted octanol–water partition coefficient (Wildman–Crippen LogP) is 3.05. The van der Waals surface area contributed by atoms with E-state index < -0.39 is 11.6 Å². The van der Waals surface area contributed by atoms with E-state index >= 15 is 0 Å². The average Bonchev–Trinajstić information content (AvgIpc) is 3.22. The van der Waals surface area contributed by atoms with Crippen LogP contribution in [0, 0.1) is 6.92 Å². The molecule has 0 saturated carbocycles. The second kappa shape index (κ2) is 9.75. The summed E-state index contributed by atoms with van der Waals surface area (Å²) in [6.07, 6.45) is 3.64. The highest BCUT2D eigenvalue weighted by Gasteiger charge is 2.21. The van der Waals surface area contributed by atoms with Gasteiger partial charge in [0.2, 0.25) is 5.65 Å². The van der Waals surface area contributed by atoms with Gasteiger partial charge in [-0.2, -0.15) is 0 Å². The quantitative estimate of drug-likeness (QED) is 0.443. The minimum atomic E-state index is -0.833. The molecule has 1 aliphatic rings. The molecule has 0 radical (unpaired) electrons. The van der Waals surface area contributed by atoms with Crippen molar-refractivity contribution in [3.05, 3.63) is 52.8 Å². The topological polar surface area (TPSA) is 113 Å². The number of ether oxygens (including phenoxy) is 1. The highest BCUT2D eigenvalue weighted by Crippen LogP contribution is 2.27. The van der Waals surface area contributed by atoms with Gasteiger partial charge in [0.05, 0.1) is 24.1 Å². The predicted molar refractivity (Wildman–Crippen MR) is 133 cm³/mol. The van der Waals surface area contributed by atoms with Gasteiger partial charge in [0.1, 0.15) is 5.58 Å². The van der Waals surface area contributed by atoms with Gasteiger partial charge >= 0.3 is 5.63 Å². The number of hydrogen-bond donors (Lipinski definition) is 1. The zero-order valence-electron chi connectivity index (χ0n) is 20.5. The van der Waals surface area contributed by atoms with Gasteiger partial charge in [0.25, 0.3) is 11.8 Å². The molecule has 0 spiro atoms. The summed E-state index contributed by atoms with van der Waals surface area (Å²) in [5, 5.41) is 8.28. The summed E-state index contributed by atoms with van der Waals surface area (Å²) in [4.78, 5) is 35.4. The first kappa shape index (κ1) is 24.2. The van der Waals surface area contributed by atoms with E-state index in [2.05, 4.69) is 39.8 Å². The van der Waals surface area contributed by atoms with Crippen LogP contribution >= 0.6 is 0 Å². The average molecular weight is 480 g/mol. The maximum atomic E-state index is 12.8. The van der Waals surface area contributed by atoms with Crippen LogP contribution in [0.2, 0.25) is 0 Å². The molecular formula is C25H29N5O5. The van der Waals surface area contributed by atoms with E-state index in [0.29, 0.717) is 34.4 Å². The van der Waals surface area contributed by atoms with Gasteiger partial charge in [0.15, 0.2) is 0 Å². The highest BCUT2D eigenvalue weighted by molar-refractivity contribution is 5.84. The molecule has 184 valence electrons. The first-order valence-corrected chi connectivity index (χ1v) is 11.3. The third-order valence-corrected chi connectivity index (χ3v) is 6.04. The Kier molecular flexibility index (Phi) is 6.74. The lowest BCUT2D eigenvalue weighted by Gasteiger charge is -2.39. The number of hydrogen-bond acceptors (Lipinski definition) is 8. The normalized spacial score (nSPS) is 16.3. The van der Waals surface area contributed by atoms with Crippen LogP contribution < -0.4 is 15.3 Å². The van der Waals surface area contributed by atoms with Crippen LogP contribution in [0.1, 0.15) is 19.5 Å². The number of fused-ring (bicyclic) bond motifs is 2. The molecule has 4 heterocycles. The van der Waals surface area contributed by atoms with E-state index in [1.54, 1.807) is 13.3 Å². The van der Waals surface area contributed by atoms with Crippen molar-refractivity contribution in [2.75, 3.05) is 38.7 Å². The smallest absolute Gasteiger partial charge is 0.345 e. The first-order chi connectivity index (χ1) is 16.7. The summed E-state index contributed by atoms with van der Waals surface area (Å²) in [5.74, 6) is -0.414. The van der Waals surface area contributed by atoms with Gasteiger partial charge in [-0.3, -0.25) is 4.79 Å². The minimum Gasteiger partial charge on any atom is -0.481 e. The maximum absolute atomic E-state index is 12.8. The van der Waals surface area contributed by atoms with Crippen molar-refractivity contribution in [2.45, 2.75) is 26.8 Å². The fourth-order valence-corrected chi connectivity index (χ4v) is 4.12. The molecule has 4 aromatic rings. The summed E-state index contributed by atoms with van der Waals surface area (Å²) in [6, 6.07) is 8.36. The molecule has 3 aromatic heterocycles. The van der Waals surface area contributed by atoms with E-state index in [1.807, 2.05) is 35.7 Å². The number of imidazole rings is 1. The highest BCUT2D eigenvalue weighted by atomic mass is 16.5. The third-order valence-electron chi connectivity index (χ3n) is 6.04. The molecule has 35 heavy (non-hydrogen) atoms. The Morgan fingerprint density at radius 3 is 2.63 bits per heavy atom. The number of aliphatic carboxylic acids is 1. The monoisotopic (exact) mass is 479 g/mol. The zero-order chi connectivity index (χ0) is 25.3. The fourth-order valence-electron chi connectivity index (χ4n) is 4.12. The molecule has 0 unspecified atom stereocenters. The van der Waals surface area contributed by atoms with Crippen LogP contribution in [0.25, 0.3) is 27.9 Å². The number of anilines is 1. The Bertz CT molecular complexity index is 1440. The van der Waals surface area contributed by atoms with Gasteiger partial charge in [-0.25, -0.2) is 14.8 Å². The largest absolute Gasteiger partial charge is 0.481 e. The number of methoxy groups -OCH3 is 1. The molecule has 1 saturated heterocycles. The van der Waals surface area contributed by atoms with E-state index in [1.165, 1.54) is 0 Å². The molecule has 0 aliphatic carbocycles. The standard InChI is InChI=1S/C23H25N5O3.C2H4O2/c1-14-11-28-13-19(25-21(28)22(24-14)30-4)18-9-16-5-6-17(10-20(16)31-23(18)29)27-8-7-26(3)15(2)12-27;1-2(3)4/h5-6,9-11,13,15H,7-8,12H2,1-4H3;1H3,(H,3,4)/t15-;/m1./s1. The number of aromatic nitrogens is 3. The van der Waals surface area contributed by atoms with Crippen molar-refractivity contribution in [3.63, 3.8) is 0 Å². The second-order valence-corrected chi connectivity index (χ2v) is 8.71. The number of piperazine rings is 1. The molecule has 1 fully saturated rings. The van der Waals surface area contributed by atoms with Crippen LogP contribution in [-0.4, -0.2) is 70.2 Å². The molecule has 1 atom stereocenters. The van der Waals surface area contributed by atoms with Gasteiger partial charge in [-0.1, -0.05) is 0 Å². The number of benzene rings is 1. The summed E-state index contributed by atoms with van der Waals surface area (Å²) < 4.78 is 12.9. The van der Waals surface area contributed by atoms with E-state index in [0.717, 1.165) is 43.3 Å². The third kappa shape index (κ3) is 5.12. The van der Waals surface area contributed by atoms with Crippen molar-refractivity contribution in [1.82, 2.24) is 19.3 Å². The molecule has 5 rings (SSSR count). The first-order valence-electron chi connectivity index (χ1n) is 11.3. The van der Waals surface area contributed by atoms with Gasteiger partial charge < -0.3 is 28.5 Å². The van der Waals surface area contributed by atoms with Crippen LogP contribution in [0.4, 0.5) is 5.69 Å². The molecule has 0 amide bonds. The number of carboxylic acid groups (broad SMARTS) is 1. The number of rotatable bonds is 3. The Labute approximate surface area is 202 Å². The number of carbonyl (C=O) groups is 1. The van der Waals surface area contributed by atoms with Gasteiger partial charge in [0, 0.05) is 62.1 Å².